The third-order valence-electron chi connectivity index (χ3n) is 3.00. The van der Waals surface area contributed by atoms with E-state index in [1.54, 1.807) is 0 Å². The molecule has 0 aliphatic carbocycles. The van der Waals surface area contributed by atoms with Crippen LogP contribution in [-0.2, 0) is 11.2 Å². The second-order valence-corrected chi connectivity index (χ2v) is 4.37. The molecular weight excluding hydrogens is 263 g/mol. The molecule has 1 aromatic carbocycles. The van der Waals surface area contributed by atoms with Gasteiger partial charge in [0.1, 0.15) is 0 Å². The number of aromatic carboxylic acids is 1. The zero-order valence-corrected chi connectivity index (χ0v) is 9.86. The minimum atomic E-state index is -4.94. The van der Waals surface area contributed by atoms with Crippen LogP contribution in [0.1, 0.15) is 22.8 Å². The molecule has 1 aliphatic heterocycles. The topological polar surface area (TPSA) is 57.6 Å². The summed E-state index contributed by atoms with van der Waals surface area (Å²) in [6, 6.07) is 3.09. The standard InChI is InChI=1S/C12H10F3NO3/c1-6-4-8-5-7(10(17)18)2-3-9(8)16(6)11(19)12(13,14)15/h2-3,5-6H,4H2,1H3,(H,17,18)/t6-/m1/s1. The summed E-state index contributed by atoms with van der Waals surface area (Å²) in [5, 5.41) is 8.83. The van der Waals surface area contributed by atoms with Crippen molar-refractivity contribution in [2.24, 2.45) is 0 Å². The van der Waals surface area contributed by atoms with E-state index in [-0.39, 0.29) is 17.7 Å². The molecule has 0 unspecified atom stereocenters. The van der Waals surface area contributed by atoms with Gasteiger partial charge in [-0.15, -0.1) is 0 Å². The van der Waals surface area contributed by atoms with Crippen LogP contribution in [0.2, 0.25) is 0 Å². The molecule has 0 bridgehead atoms. The largest absolute Gasteiger partial charge is 0.478 e. The SMILES string of the molecule is C[C@@H]1Cc2cc(C(=O)O)ccc2N1C(=O)C(F)(F)F. The van der Waals surface area contributed by atoms with Crippen LogP contribution in [0.4, 0.5) is 18.9 Å². The van der Waals surface area contributed by atoms with Crippen LogP contribution in [0.5, 0.6) is 0 Å². The molecule has 7 heteroatoms. The summed E-state index contributed by atoms with van der Waals surface area (Å²) in [6.07, 6.45) is -4.74. The number of nitrogens with zero attached hydrogens (tertiary/aromatic N) is 1. The summed E-state index contributed by atoms with van der Waals surface area (Å²) in [7, 11) is 0. The average molecular weight is 273 g/mol. The molecule has 1 atom stereocenters. The first-order chi connectivity index (χ1) is 8.71. The maximum Gasteiger partial charge on any atom is 0.471 e. The van der Waals surface area contributed by atoms with Crippen LogP contribution in [-0.4, -0.2) is 29.2 Å². The Balaban J connectivity index is 2.43. The number of carboxylic acids is 1. The van der Waals surface area contributed by atoms with Gasteiger partial charge in [0.05, 0.1) is 5.56 Å². The van der Waals surface area contributed by atoms with Crippen molar-refractivity contribution in [3.05, 3.63) is 29.3 Å². The number of amides is 1. The molecule has 0 saturated heterocycles. The molecule has 0 saturated carbocycles. The van der Waals surface area contributed by atoms with Gasteiger partial charge in [-0.2, -0.15) is 13.2 Å². The average Bonchev–Trinajstić information content (AvgIpc) is 2.61. The number of carboxylic acid groups (broad SMARTS) is 1. The molecule has 0 aromatic heterocycles. The highest BCUT2D eigenvalue weighted by Crippen LogP contribution is 2.35. The van der Waals surface area contributed by atoms with Crippen LogP contribution in [0, 0.1) is 0 Å². The van der Waals surface area contributed by atoms with Crippen LogP contribution in [0.15, 0.2) is 18.2 Å². The second-order valence-electron chi connectivity index (χ2n) is 4.37. The van der Waals surface area contributed by atoms with E-state index in [1.165, 1.54) is 25.1 Å². The van der Waals surface area contributed by atoms with Gasteiger partial charge in [-0.05, 0) is 37.1 Å². The van der Waals surface area contributed by atoms with Crippen molar-refractivity contribution >= 4 is 17.6 Å². The number of carbonyl (C=O) groups excluding carboxylic acids is 1. The number of alkyl halides is 3. The summed E-state index contributed by atoms with van der Waals surface area (Å²) in [4.78, 5) is 22.8. The molecule has 0 radical (unpaired) electrons. The van der Waals surface area contributed by atoms with Crippen molar-refractivity contribution in [3.8, 4) is 0 Å². The van der Waals surface area contributed by atoms with Gasteiger partial charge >= 0.3 is 18.1 Å². The molecule has 1 amide bonds. The first kappa shape index (κ1) is 13.4. The van der Waals surface area contributed by atoms with E-state index >= 15 is 0 Å². The highest BCUT2D eigenvalue weighted by Gasteiger charge is 2.46. The fraction of sp³-hybridized carbons (Fsp3) is 0.333. The van der Waals surface area contributed by atoms with Gasteiger partial charge in [0.25, 0.3) is 0 Å². The predicted molar refractivity (Wildman–Crippen MR) is 60.1 cm³/mol. The number of fused-ring (bicyclic) bond motifs is 1. The normalized spacial score (nSPS) is 18.3. The minimum absolute atomic E-state index is 0.00717. The number of benzene rings is 1. The van der Waals surface area contributed by atoms with Crippen molar-refractivity contribution in [3.63, 3.8) is 0 Å². The number of hydrogen-bond donors (Lipinski definition) is 1. The van der Waals surface area contributed by atoms with Crippen LogP contribution >= 0.6 is 0 Å². The molecule has 1 aliphatic rings. The van der Waals surface area contributed by atoms with Gasteiger partial charge in [0.15, 0.2) is 0 Å². The van der Waals surface area contributed by atoms with E-state index in [0.29, 0.717) is 10.5 Å². The Labute approximate surface area is 106 Å². The van der Waals surface area contributed by atoms with Crippen molar-refractivity contribution in [1.29, 1.82) is 0 Å². The quantitative estimate of drug-likeness (QED) is 0.853. The lowest BCUT2D eigenvalue weighted by Crippen LogP contribution is -2.44. The van der Waals surface area contributed by atoms with Gasteiger partial charge in [0, 0.05) is 11.7 Å². The highest BCUT2D eigenvalue weighted by molar-refractivity contribution is 6.00. The Bertz CT molecular complexity index is 554. The van der Waals surface area contributed by atoms with Crippen molar-refractivity contribution < 1.29 is 27.9 Å². The lowest BCUT2D eigenvalue weighted by atomic mass is 10.1. The van der Waals surface area contributed by atoms with E-state index in [9.17, 15) is 22.8 Å². The third-order valence-corrected chi connectivity index (χ3v) is 3.00. The molecule has 1 heterocycles. The first-order valence-electron chi connectivity index (χ1n) is 5.48. The van der Waals surface area contributed by atoms with Gasteiger partial charge in [-0.3, -0.25) is 4.79 Å². The fourth-order valence-corrected chi connectivity index (χ4v) is 2.21. The maximum absolute atomic E-state index is 12.5. The summed E-state index contributed by atoms with van der Waals surface area (Å²) in [5.41, 5.74) is 0.553. The Morgan fingerprint density at radius 2 is 2.00 bits per heavy atom. The molecule has 1 aromatic rings. The third kappa shape index (κ3) is 2.27. The highest BCUT2D eigenvalue weighted by atomic mass is 19.4. The Hall–Kier alpha value is -2.05. The van der Waals surface area contributed by atoms with E-state index in [0.717, 1.165) is 0 Å². The zero-order valence-electron chi connectivity index (χ0n) is 9.86. The van der Waals surface area contributed by atoms with Crippen LogP contribution in [0.3, 0.4) is 0 Å². The first-order valence-corrected chi connectivity index (χ1v) is 5.48. The number of rotatable bonds is 1. The minimum Gasteiger partial charge on any atom is -0.478 e. The Morgan fingerprint density at radius 1 is 1.37 bits per heavy atom. The monoisotopic (exact) mass is 273 g/mol. The maximum atomic E-state index is 12.5. The summed E-state index contributed by atoms with van der Waals surface area (Å²) < 4.78 is 37.5. The van der Waals surface area contributed by atoms with Gasteiger partial charge < -0.3 is 10.0 Å². The number of carbonyl (C=O) groups is 2. The lowest BCUT2D eigenvalue weighted by Gasteiger charge is -2.23. The van der Waals surface area contributed by atoms with Crippen LogP contribution in [0.25, 0.3) is 0 Å². The molecule has 4 nitrogen and oxygen atoms in total. The molecule has 0 spiro atoms. The molecule has 1 N–H and O–H groups in total. The van der Waals surface area contributed by atoms with E-state index < -0.39 is 24.1 Å². The van der Waals surface area contributed by atoms with E-state index in [4.69, 9.17) is 5.11 Å². The number of anilines is 1. The zero-order chi connectivity index (χ0) is 14.4. The van der Waals surface area contributed by atoms with Crippen molar-refractivity contribution in [1.82, 2.24) is 0 Å². The smallest absolute Gasteiger partial charge is 0.471 e. The van der Waals surface area contributed by atoms with E-state index in [1.807, 2.05) is 0 Å². The molecule has 19 heavy (non-hydrogen) atoms. The number of hydrogen-bond acceptors (Lipinski definition) is 2. The molecule has 102 valence electrons. The van der Waals surface area contributed by atoms with Gasteiger partial charge in [-0.1, -0.05) is 0 Å². The van der Waals surface area contributed by atoms with Crippen LogP contribution < -0.4 is 4.90 Å². The summed E-state index contributed by atoms with van der Waals surface area (Å²) in [6.45, 7) is 1.49. The summed E-state index contributed by atoms with van der Waals surface area (Å²) in [5.74, 6) is -3.09. The fourth-order valence-electron chi connectivity index (χ4n) is 2.21. The van der Waals surface area contributed by atoms with E-state index in [2.05, 4.69) is 0 Å². The van der Waals surface area contributed by atoms with Gasteiger partial charge in [-0.25, -0.2) is 4.79 Å². The van der Waals surface area contributed by atoms with Crippen molar-refractivity contribution in [2.45, 2.75) is 25.6 Å². The Morgan fingerprint density at radius 3 is 2.53 bits per heavy atom. The second kappa shape index (κ2) is 4.25. The predicted octanol–water partition coefficient (Wildman–Crippen LogP) is 2.22. The molecule has 0 fully saturated rings. The van der Waals surface area contributed by atoms with Gasteiger partial charge in [0.2, 0.25) is 0 Å². The Kier molecular flexibility index (Phi) is 3.00. The van der Waals surface area contributed by atoms with Crippen molar-refractivity contribution in [2.75, 3.05) is 4.90 Å². The molecular formula is C12H10F3NO3. The summed E-state index contributed by atoms with van der Waals surface area (Å²) >= 11 is 0. The lowest BCUT2D eigenvalue weighted by molar-refractivity contribution is -0.170. The number of halogens is 3. The molecule has 2 rings (SSSR count).